The SMILES string of the molecule is Cc1ccc(S(=O)(=O)NC(=O)NCCc2ccc(S(N)(=O)=O)cc2)cc1. The standard InChI is InChI=1S/C16H19N3O5S2/c1-12-2-6-15(7-3-12)26(23,24)19-16(20)18-11-10-13-4-8-14(9-5-13)25(17,21)22/h2-9H,10-11H2,1H3,(H2,17,21,22)(H2,18,19,20). The average molecular weight is 397 g/mol. The van der Waals surface area contributed by atoms with Gasteiger partial charge < -0.3 is 5.32 Å². The van der Waals surface area contributed by atoms with E-state index in [2.05, 4.69) is 5.32 Å². The zero-order valence-electron chi connectivity index (χ0n) is 14.0. The molecule has 10 heteroatoms. The topological polar surface area (TPSA) is 135 Å². The minimum Gasteiger partial charge on any atom is -0.337 e. The Morgan fingerprint density at radius 3 is 2.00 bits per heavy atom. The van der Waals surface area contributed by atoms with Crippen LogP contribution in [0.25, 0.3) is 0 Å². The van der Waals surface area contributed by atoms with Gasteiger partial charge >= 0.3 is 6.03 Å². The Kier molecular flexibility index (Phi) is 6.01. The number of urea groups is 1. The van der Waals surface area contributed by atoms with E-state index >= 15 is 0 Å². The van der Waals surface area contributed by atoms with Crippen LogP contribution >= 0.6 is 0 Å². The summed E-state index contributed by atoms with van der Waals surface area (Å²) in [5.74, 6) is 0. The second-order valence-corrected chi connectivity index (χ2v) is 8.86. The number of carbonyl (C=O) groups excluding carboxylic acids is 1. The molecule has 0 spiro atoms. The van der Waals surface area contributed by atoms with E-state index in [-0.39, 0.29) is 16.3 Å². The quantitative estimate of drug-likeness (QED) is 0.665. The van der Waals surface area contributed by atoms with Gasteiger partial charge in [0, 0.05) is 6.54 Å². The summed E-state index contributed by atoms with van der Waals surface area (Å²) in [6, 6.07) is 11.1. The van der Waals surface area contributed by atoms with Crippen LogP contribution in [0.5, 0.6) is 0 Å². The van der Waals surface area contributed by atoms with Crippen molar-refractivity contribution in [1.82, 2.24) is 10.0 Å². The Hall–Kier alpha value is -2.43. The summed E-state index contributed by atoms with van der Waals surface area (Å²) in [7, 11) is -7.69. The van der Waals surface area contributed by atoms with Gasteiger partial charge in [0.05, 0.1) is 9.79 Å². The molecule has 2 amide bonds. The van der Waals surface area contributed by atoms with Crippen molar-refractivity contribution in [2.24, 2.45) is 5.14 Å². The second kappa shape index (κ2) is 7.85. The van der Waals surface area contributed by atoms with E-state index in [1.54, 1.807) is 24.3 Å². The number of nitrogens with two attached hydrogens (primary N) is 1. The largest absolute Gasteiger partial charge is 0.337 e. The Balaban J connectivity index is 1.88. The maximum Gasteiger partial charge on any atom is 0.328 e. The van der Waals surface area contributed by atoms with Gasteiger partial charge in [-0.15, -0.1) is 0 Å². The van der Waals surface area contributed by atoms with E-state index in [0.717, 1.165) is 11.1 Å². The lowest BCUT2D eigenvalue weighted by Gasteiger charge is -2.09. The van der Waals surface area contributed by atoms with Crippen molar-refractivity contribution >= 4 is 26.1 Å². The first-order chi connectivity index (χ1) is 12.1. The number of amides is 2. The number of rotatable bonds is 6. The molecule has 0 heterocycles. The van der Waals surface area contributed by atoms with Gasteiger partial charge in [-0.1, -0.05) is 29.8 Å². The van der Waals surface area contributed by atoms with E-state index < -0.39 is 26.1 Å². The van der Waals surface area contributed by atoms with Gasteiger partial charge in [0.15, 0.2) is 0 Å². The molecule has 0 atom stereocenters. The number of benzene rings is 2. The van der Waals surface area contributed by atoms with Crippen LogP contribution in [0.1, 0.15) is 11.1 Å². The highest BCUT2D eigenvalue weighted by atomic mass is 32.2. The van der Waals surface area contributed by atoms with Crippen LogP contribution in [0.15, 0.2) is 58.3 Å². The molecule has 0 aromatic heterocycles. The van der Waals surface area contributed by atoms with E-state index in [4.69, 9.17) is 5.14 Å². The minimum absolute atomic E-state index is 0.00293. The lowest BCUT2D eigenvalue weighted by atomic mass is 10.1. The van der Waals surface area contributed by atoms with Crippen LogP contribution < -0.4 is 15.2 Å². The number of primary sulfonamides is 1. The van der Waals surface area contributed by atoms with Gasteiger partial charge in [0.1, 0.15) is 0 Å². The van der Waals surface area contributed by atoms with Crippen LogP contribution in [-0.2, 0) is 26.5 Å². The maximum absolute atomic E-state index is 12.1. The molecule has 0 bridgehead atoms. The fourth-order valence-corrected chi connectivity index (χ4v) is 3.54. The van der Waals surface area contributed by atoms with Crippen LogP contribution in [0.2, 0.25) is 0 Å². The first-order valence-electron chi connectivity index (χ1n) is 7.57. The Bertz CT molecular complexity index is 983. The highest BCUT2D eigenvalue weighted by Crippen LogP contribution is 2.10. The van der Waals surface area contributed by atoms with Gasteiger partial charge in [-0.25, -0.2) is 31.5 Å². The van der Waals surface area contributed by atoms with Crippen molar-refractivity contribution in [1.29, 1.82) is 0 Å². The highest BCUT2D eigenvalue weighted by Gasteiger charge is 2.16. The van der Waals surface area contributed by atoms with E-state index in [1.165, 1.54) is 24.3 Å². The van der Waals surface area contributed by atoms with Crippen molar-refractivity contribution in [3.63, 3.8) is 0 Å². The third kappa shape index (κ3) is 5.55. The van der Waals surface area contributed by atoms with Crippen LogP contribution in [-0.4, -0.2) is 29.4 Å². The molecule has 8 nitrogen and oxygen atoms in total. The molecule has 0 radical (unpaired) electrons. The van der Waals surface area contributed by atoms with E-state index in [9.17, 15) is 21.6 Å². The summed E-state index contributed by atoms with van der Waals surface area (Å²) in [5, 5.41) is 7.45. The molecule has 0 aliphatic carbocycles. The normalized spacial score (nSPS) is 11.8. The summed E-state index contributed by atoms with van der Waals surface area (Å²) in [5.41, 5.74) is 1.67. The number of carbonyl (C=O) groups is 1. The predicted octanol–water partition coefficient (Wildman–Crippen LogP) is 0.873. The molecule has 26 heavy (non-hydrogen) atoms. The molecule has 2 aromatic carbocycles. The van der Waals surface area contributed by atoms with Gasteiger partial charge in [-0.3, -0.25) is 0 Å². The summed E-state index contributed by atoms with van der Waals surface area (Å²) in [4.78, 5) is 11.8. The molecular formula is C16H19N3O5S2. The van der Waals surface area contributed by atoms with Gasteiger partial charge in [0.2, 0.25) is 10.0 Å². The van der Waals surface area contributed by atoms with Gasteiger partial charge in [-0.2, -0.15) is 0 Å². The van der Waals surface area contributed by atoms with Gasteiger partial charge in [0.25, 0.3) is 10.0 Å². The first-order valence-corrected chi connectivity index (χ1v) is 10.6. The van der Waals surface area contributed by atoms with Crippen molar-refractivity contribution in [3.8, 4) is 0 Å². The van der Waals surface area contributed by atoms with E-state index in [0.29, 0.717) is 6.42 Å². The molecule has 0 aliphatic heterocycles. The zero-order chi connectivity index (χ0) is 19.4. The van der Waals surface area contributed by atoms with Crippen molar-refractivity contribution in [2.75, 3.05) is 6.54 Å². The molecule has 0 unspecified atom stereocenters. The lowest BCUT2D eigenvalue weighted by Crippen LogP contribution is -2.40. The van der Waals surface area contributed by atoms with Crippen LogP contribution in [0.3, 0.4) is 0 Å². The van der Waals surface area contributed by atoms with Crippen molar-refractivity contribution < 1.29 is 21.6 Å². The molecule has 0 saturated carbocycles. The molecule has 0 saturated heterocycles. The number of hydrogen-bond donors (Lipinski definition) is 3. The Labute approximate surface area is 152 Å². The molecular weight excluding hydrogens is 378 g/mol. The lowest BCUT2D eigenvalue weighted by molar-refractivity contribution is 0.246. The number of aryl methyl sites for hydroxylation is 1. The summed E-state index contributed by atoms with van der Waals surface area (Å²) in [6.07, 6.45) is 0.392. The average Bonchev–Trinajstić information content (AvgIpc) is 2.54. The molecule has 0 aliphatic rings. The Morgan fingerprint density at radius 1 is 0.923 bits per heavy atom. The number of hydrogen-bond acceptors (Lipinski definition) is 5. The van der Waals surface area contributed by atoms with Crippen LogP contribution in [0, 0.1) is 6.92 Å². The maximum atomic E-state index is 12.1. The predicted molar refractivity (Wildman–Crippen MR) is 96.4 cm³/mol. The van der Waals surface area contributed by atoms with Crippen molar-refractivity contribution in [2.45, 2.75) is 23.1 Å². The fourth-order valence-electron chi connectivity index (χ4n) is 2.10. The molecule has 4 N–H and O–H groups in total. The Morgan fingerprint density at radius 2 is 1.46 bits per heavy atom. The molecule has 0 fully saturated rings. The number of nitrogens with one attached hydrogen (secondary N) is 2. The molecule has 2 rings (SSSR count). The zero-order valence-corrected chi connectivity index (χ0v) is 15.6. The third-order valence-corrected chi connectivity index (χ3v) is 5.79. The van der Waals surface area contributed by atoms with Crippen molar-refractivity contribution in [3.05, 3.63) is 59.7 Å². The first kappa shape index (κ1) is 19.9. The van der Waals surface area contributed by atoms with Crippen LogP contribution in [0.4, 0.5) is 4.79 Å². The summed E-state index contributed by atoms with van der Waals surface area (Å²) < 4.78 is 48.4. The third-order valence-electron chi connectivity index (χ3n) is 3.51. The summed E-state index contributed by atoms with van der Waals surface area (Å²) >= 11 is 0. The van der Waals surface area contributed by atoms with Gasteiger partial charge in [-0.05, 0) is 43.2 Å². The minimum atomic E-state index is -3.94. The second-order valence-electron chi connectivity index (χ2n) is 5.61. The fraction of sp³-hybridized carbons (Fsp3) is 0.188. The van der Waals surface area contributed by atoms with E-state index in [1.807, 2.05) is 11.6 Å². The summed E-state index contributed by atoms with van der Waals surface area (Å²) in [6.45, 7) is 2.00. The monoisotopic (exact) mass is 397 g/mol. The molecule has 2 aromatic rings. The number of sulfonamides is 2. The highest BCUT2D eigenvalue weighted by molar-refractivity contribution is 7.90. The molecule has 140 valence electrons. The smallest absolute Gasteiger partial charge is 0.328 e.